The fourth-order valence-corrected chi connectivity index (χ4v) is 2.70. The normalized spacial score (nSPS) is 11.0. The summed E-state index contributed by atoms with van der Waals surface area (Å²) >= 11 is 0. The van der Waals surface area contributed by atoms with Crippen molar-refractivity contribution in [1.82, 2.24) is 4.57 Å². The van der Waals surface area contributed by atoms with Crippen molar-refractivity contribution < 1.29 is 14.3 Å². The van der Waals surface area contributed by atoms with Gasteiger partial charge in [-0.05, 0) is 24.1 Å². The van der Waals surface area contributed by atoms with Gasteiger partial charge in [0.05, 0.1) is 6.54 Å². The smallest absolute Gasteiger partial charge is 0.303 e. The third-order valence-corrected chi connectivity index (χ3v) is 3.78. The summed E-state index contributed by atoms with van der Waals surface area (Å²) in [7, 11) is 0. The van der Waals surface area contributed by atoms with Crippen LogP contribution in [0.2, 0.25) is 0 Å². The average Bonchev–Trinajstić information content (AvgIpc) is 2.86. The van der Waals surface area contributed by atoms with Crippen LogP contribution in [0.5, 0.6) is 0 Å². The van der Waals surface area contributed by atoms with E-state index in [0.29, 0.717) is 18.5 Å². The maximum atomic E-state index is 13.8. The van der Waals surface area contributed by atoms with Crippen LogP contribution in [0, 0.1) is 5.82 Å². The summed E-state index contributed by atoms with van der Waals surface area (Å²) in [6, 6.07) is 14.5. The van der Waals surface area contributed by atoms with E-state index in [-0.39, 0.29) is 12.2 Å². The minimum Gasteiger partial charge on any atom is -0.481 e. The van der Waals surface area contributed by atoms with E-state index in [0.717, 1.165) is 16.5 Å². The van der Waals surface area contributed by atoms with Gasteiger partial charge in [-0.1, -0.05) is 36.4 Å². The minimum atomic E-state index is -0.814. The van der Waals surface area contributed by atoms with Gasteiger partial charge in [0.2, 0.25) is 0 Å². The van der Waals surface area contributed by atoms with Crippen molar-refractivity contribution in [2.45, 2.75) is 19.4 Å². The topological polar surface area (TPSA) is 42.2 Å². The third kappa shape index (κ3) is 2.86. The molecule has 0 aliphatic heterocycles. The van der Waals surface area contributed by atoms with E-state index in [1.807, 2.05) is 41.1 Å². The summed E-state index contributed by atoms with van der Waals surface area (Å²) in [4.78, 5) is 10.8. The van der Waals surface area contributed by atoms with E-state index in [2.05, 4.69) is 0 Å². The lowest BCUT2D eigenvalue weighted by atomic mass is 10.1. The molecule has 0 saturated heterocycles. The number of aromatic nitrogens is 1. The summed E-state index contributed by atoms with van der Waals surface area (Å²) in [5.41, 5.74) is 2.59. The SMILES string of the molecule is O=C(O)CCc1cn(Cc2ccccc2F)c2ccccc12. The number of benzene rings is 2. The molecule has 2 aromatic carbocycles. The van der Waals surface area contributed by atoms with Gasteiger partial charge in [0.1, 0.15) is 5.82 Å². The second-order valence-electron chi connectivity index (χ2n) is 5.28. The van der Waals surface area contributed by atoms with Gasteiger partial charge in [-0.2, -0.15) is 0 Å². The van der Waals surface area contributed by atoms with Crippen molar-refractivity contribution in [2.24, 2.45) is 0 Å². The Balaban J connectivity index is 1.99. The van der Waals surface area contributed by atoms with Crippen LogP contribution in [-0.2, 0) is 17.8 Å². The Kier molecular flexibility index (Phi) is 3.92. The number of fused-ring (bicyclic) bond motifs is 1. The predicted octanol–water partition coefficient (Wildman–Crippen LogP) is 3.85. The number of para-hydroxylation sites is 1. The number of carboxylic acid groups (broad SMARTS) is 1. The molecule has 112 valence electrons. The van der Waals surface area contributed by atoms with Crippen LogP contribution in [0.3, 0.4) is 0 Å². The molecule has 0 saturated carbocycles. The van der Waals surface area contributed by atoms with Gasteiger partial charge in [-0.25, -0.2) is 4.39 Å². The molecule has 3 aromatic rings. The summed E-state index contributed by atoms with van der Waals surface area (Å²) < 4.78 is 15.8. The van der Waals surface area contributed by atoms with Gasteiger partial charge in [0, 0.05) is 29.1 Å². The summed E-state index contributed by atoms with van der Waals surface area (Å²) in [6.07, 6.45) is 2.49. The number of nitrogens with zero attached hydrogens (tertiary/aromatic N) is 1. The number of aryl methyl sites for hydroxylation is 1. The van der Waals surface area contributed by atoms with Crippen molar-refractivity contribution in [3.63, 3.8) is 0 Å². The molecule has 4 heteroatoms. The van der Waals surface area contributed by atoms with Crippen molar-refractivity contribution in [1.29, 1.82) is 0 Å². The molecule has 0 bridgehead atoms. The Morgan fingerprint density at radius 2 is 1.77 bits per heavy atom. The lowest BCUT2D eigenvalue weighted by Crippen LogP contribution is -2.00. The van der Waals surface area contributed by atoms with Gasteiger partial charge in [-0.15, -0.1) is 0 Å². The molecule has 0 aliphatic carbocycles. The molecule has 0 unspecified atom stereocenters. The molecule has 0 fully saturated rings. The maximum Gasteiger partial charge on any atom is 0.303 e. The lowest BCUT2D eigenvalue weighted by Gasteiger charge is -2.06. The Labute approximate surface area is 127 Å². The third-order valence-electron chi connectivity index (χ3n) is 3.78. The van der Waals surface area contributed by atoms with E-state index >= 15 is 0 Å². The highest BCUT2D eigenvalue weighted by Crippen LogP contribution is 2.24. The molecule has 3 rings (SSSR count). The highest BCUT2D eigenvalue weighted by atomic mass is 19.1. The van der Waals surface area contributed by atoms with Crippen LogP contribution in [-0.4, -0.2) is 15.6 Å². The molecule has 0 spiro atoms. The number of carboxylic acids is 1. The number of hydrogen-bond donors (Lipinski definition) is 1. The van der Waals surface area contributed by atoms with Crippen molar-refractivity contribution in [3.8, 4) is 0 Å². The molecule has 1 aromatic heterocycles. The largest absolute Gasteiger partial charge is 0.481 e. The Morgan fingerprint density at radius 1 is 1.05 bits per heavy atom. The zero-order chi connectivity index (χ0) is 15.5. The fourth-order valence-electron chi connectivity index (χ4n) is 2.70. The summed E-state index contributed by atoms with van der Waals surface area (Å²) in [5, 5.41) is 9.90. The average molecular weight is 297 g/mol. The van der Waals surface area contributed by atoms with Crippen molar-refractivity contribution in [2.75, 3.05) is 0 Å². The van der Waals surface area contributed by atoms with Crippen molar-refractivity contribution >= 4 is 16.9 Å². The number of halogens is 1. The molecule has 1 N–H and O–H groups in total. The van der Waals surface area contributed by atoms with Crippen LogP contribution in [0.4, 0.5) is 4.39 Å². The first-order chi connectivity index (χ1) is 10.6. The molecular formula is C18H16FNO2. The van der Waals surface area contributed by atoms with Crippen LogP contribution in [0.25, 0.3) is 10.9 Å². The van der Waals surface area contributed by atoms with E-state index in [1.165, 1.54) is 6.07 Å². The molecule has 22 heavy (non-hydrogen) atoms. The lowest BCUT2D eigenvalue weighted by molar-refractivity contribution is -0.136. The van der Waals surface area contributed by atoms with E-state index < -0.39 is 5.97 Å². The number of hydrogen-bond acceptors (Lipinski definition) is 1. The standard InChI is InChI=1S/C18H16FNO2/c19-16-7-3-1-5-14(16)12-20-11-13(9-10-18(21)22)15-6-2-4-8-17(15)20/h1-8,11H,9-10,12H2,(H,21,22). The van der Waals surface area contributed by atoms with E-state index in [1.54, 1.807) is 12.1 Å². The van der Waals surface area contributed by atoms with Crippen LogP contribution >= 0.6 is 0 Å². The van der Waals surface area contributed by atoms with Gasteiger partial charge < -0.3 is 9.67 Å². The van der Waals surface area contributed by atoms with Gasteiger partial charge in [-0.3, -0.25) is 4.79 Å². The highest BCUT2D eigenvalue weighted by Gasteiger charge is 2.11. The van der Waals surface area contributed by atoms with Gasteiger partial charge in [0.25, 0.3) is 0 Å². The Bertz CT molecular complexity index is 823. The van der Waals surface area contributed by atoms with E-state index in [4.69, 9.17) is 5.11 Å². The summed E-state index contributed by atoms with van der Waals surface area (Å²) in [6.45, 7) is 0.431. The number of rotatable bonds is 5. The maximum absolute atomic E-state index is 13.8. The van der Waals surface area contributed by atoms with Crippen LogP contribution in [0.1, 0.15) is 17.5 Å². The molecule has 0 atom stereocenters. The molecule has 0 amide bonds. The quantitative estimate of drug-likeness (QED) is 0.777. The van der Waals surface area contributed by atoms with Gasteiger partial charge >= 0.3 is 5.97 Å². The zero-order valence-corrected chi connectivity index (χ0v) is 12.0. The highest BCUT2D eigenvalue weighted by molar-refractivity contribution is 5.84. The predicted molar refractivity (Wildman–Crippen MR) is 83.4 cm³/mol. The molecule has 3 nitrogen and oxygen atoms in total. The Hall–Kier alpha value is -2.62. The Morgan fingerprint density at radius 3 is 2.55 bits per heavy atom. The molecule has 1 heterocycles. The second kappa shape index (κ2) is 6.02. The number of carbonyl (C=O) groups is 1. The first-order valence-electron chi connectivity index (χ1n) is 7.17. The second-order valence-corrected chi connectivity index (χ2v) is 5.28. The van der Waals surface area contributed by atoms with E-state index in [9.17, 15) is 9.18 Å². The number of aliphatic carboxylic acids is 1. The van der Waals surface area contributed by atoms with Crippen molar-refractivity contribution in [3.05, 3.63) is 71.7 Å². The fraction of sp³-hybridized carbons (Fsp3) is 0.167. The summed E-state index contributed by atoms with van der Waals surface area (Å²) in [5.74, 6) is -1.04. The first kappa shape index (κ1) is 14.3. The minimum absolute atomic E-state index is 0.0910. The first-order valence-corrected chi connectivity index (χ1v) is 7.17. The zero-order valence-electron chi connectivity index (χ0n) is 12.0. The monoisotopic (exact) mass is 297 g/mol. The van der Waals surface area contributed by atoms with Gasteiger partial charge in [0.15, 0.2) is 0 Å². The van der Waals surface area contributed by atoms with Crippen LogP contribution in [0.15, 0.2) is 54.7 Å². The molecule has 0 aliphatic rings. The molecular weight excluding hydrogens is 281 g/mol. The van der Waals surface area contributed by atoms with Crippen LogP contribution < -0.4 is 0 Å². The molecule has 0 radical (unpaired) electrons.